The summed E-state index contributed by atoms with van der Waals surface area (Å²) in [7, 11) is 1.73. The first kappa shape index (κ1) is 19.5. The van der Waals surface area contributed by atoms with Crippen LogP contribution < -0.4 is 4.74 Å². The predicted octanol–water partition coefficient (Wildman–Crippen LogP) is 4.87. The van der Waals surface area contributed by atoms with Crippen molar-refractivity contribution >= 4 is 0 Å². The van der Waals surface area contributed by atoms with Crippen LogP contribution >= 0.6 is 0 Å². The van der Waals surface area contributed by atoms with Crippen molar-refractivity contribution in [3.8, 4) is 5.75 Å². The predicted molar refractivity (Wildman–Crippen MR) is 114 cm³/mol. The minimum atomic E-state index is -0.373. The number of aryl methyl sites for hydroxylation is 1. The number of methoxy groups -OCH3 is 1. The van der Waals surface area contributed by atoms with Crippen molar-refractivity contribution in [2.45, 2.75) is 51.0 Å². The molecule has 1 aliphatic heterocycles. The molecule has 0 bridgehead atoms. The molecule has 4 rings (SSSR count). The highest BCUT2D eigenvalue weighted by molar-refractivity contribution is 5.42. The number of aliphatic hydroxyl groups is 1. The van der Waals surface area contributed by atoms with Crippen LogP contribution in [-0.4, -0.2) is 36.8 Å². The van der Waals surface area contributed by atoms with Gasteiger partial charge < -0.3 is 14.7 Å². The monoisotopic (exact) mass is 379 g/mol. The molecule has 1 saturated heterocycles. The molecule has 0 unspecified atom stereocenters. The summed E-state index contributed by atoms with van der Waals surface area (Å²) in [5, 5.41) is 10.8. The van der Waals surface area contributed by atoms with E-state index in [0.29, 0.717) is 11.8 Å². The van der Waals surface area contributed by atoms with Crippen molar-refractivity contribution in [1.82, 2.24) is 4.90 Å². The van der Waals surface area contributed by atoms with E-state index >= 15 is 0 Å². The van der Waals surface area contributed by atoms with Gasteiger partial charge in [0.1, 0.15) is 5.75 Å². The summed E-state index contributed by atoms with van der Waals surface area (Å²) < 4.78 is 5.54. The van der Waals surface area contributed by atoms with Gasteiger partial charge in [-0.1, -0.05) is 36.4 Å². The second-order valence-corrected chi connectivity index (χ2v) is 8.62. The number of hydrogen-bond donors (Lipinski definition) is 1. The molecule has 0 aromatic heterocycles. The largest absolute Gasteiger partial charge is 0.496 e. The fourth-order valence-corrected chi connectivity index (χ4v) is 5.26. The zero-order chi connectivity index (χ0) is 19.5. The molecule has 3 nitrogen and oxygen atoms in total. The summed E-state index contributed by atoms with van der Waals surface area (Å²) in [6, 6.07) is 14.9. The lowest BCUT2D eigenvalue weighted by molar-refractivity contribution is 0.117. The van der Waals surface area contributed by atoms with Crippen LogP contribution in [0.25, 0.3) is 0 Å². The SMILES string of the molecule is COc1cccc2c1CC[C@@H](CN1CCC(c3ccccc3C)CC1)C[C@H]2O. The third-order valence-electron chi connectivity index (χ3n) is 6.84. The fraction of sp³-hybridized carbons (Fsp3) is 0.520. The smallest absolute Gasteiger partial charge is 0.122 e. The Bertz CT molecular complexity index is 795. The number of nitrogens with zero attached hydrogens (tertiary/aromatic N) is 1. The molecule has 2 aromatic carbocycles. The Morgan fingerprint density at radius 1 is 1.00 bits per heavy atom. The van der Waals surface area contributed by atoms with Crippen LogP contribution in [0.15, 0.2) is 42.5 Å². The van der Waals surface area contributed by atoms with Crippen molar-refractivity contribution < 1.29 is 9.84 Å². The molecule has 1 aliphatic carbocycles. The molecule has 0 spiro atoms. The summed E-state index contributed by atoms with van der Waals surface area (Å²) in [4.78, 5) is 2.62. The van der Waals surface area contributed by atoms with Crippen LogP contribution in [-0.2, 0) is 6.42 Å². The van der Waals surface area contributed by atoms with Gasteiger partial charge in [0.05, 0.1) is 13.2 Å². The highest BCUT2D eigenvalue weighted by atomic mass is 16.5. The van der Waals surface area contributed by atoms with E-state index in [-0.39, 0.29) is 6.10 Å². The summed E-state index contributed by atoms with van der Waals surface area (Å²) in [5.41, 5.74) is 5.24. The van der Waals surface area contributed by atoms with Crippen molar-refractivity contribution in [2.24, 2.45) is 5.92 Å². The number of hydrogen-bond acceptors (Lipinski definition) is 3. The summed E-state index contributed by atoms with van der Waals surface area (Å²) in [5.74, 6) is 2.17. The average Bonchev–Trinajstić information content (AvgIpc) is 2.88. The van der Waals surface area contributed by atoms with Crippen LogP contribution in [0.5, 0.6) is 5.75 Å². The molecule has 0 amide bonds. The maximum Gasteiger partial charge on any atom is 0.122 e. The van der Waals surface area contributed by atoms with Crippen molar-refractivity contribution in [3.63, 3.8) is 0 Å². The van der Waals surface area contributed by atoms with Crippen LogP contribution in [0.2, 0.25) is 0 Å². The van der Waals surface area contributed by atoms with Gasteiger partial charge in [0, 0.05) is 6.54 Å². The molecule has 2 atom stereocenters. The van der Waals surface area contributed by atoms with Crippen LogP contribution in [0.4, 0.5) is 0 Å². The fourth-order valence-electron chi connectivity index (χ4n) is 5.26. The van der Waals surface area contributed by atoms with Gasteiger partial charge in [-0.05, 0) is 92.3 Å². The standard InChI is InChI=1S/C25H33NO2/c1-18-6-3-4-7-21(18)20-12-14-26(15-13-20)17-19-10-11-23-22(24(27)16-19)8-5-9-25(23)28-2/h3-9,19-20,24,27H,10-17H2,1-2H3/t19-,24-/m1/s1. The Balaban J connectivity index is 1.36. The number of benzene rings is 2. The Kier molecular flexibility index (Phi) is 6.03. The van der Waals surface area contributed by atoms with Crippen molar-refractivity contribution in [2.75, 3.05) is 26.7 Å². The molecule has 150 valence electrons. The molecule has 28 heavy (non-hydrogen) atoms. The molecule has 1 fully saturated rings. The molecule has 2 aromatic rings. The van der Waals surface area contributed by atoms with Gasteiger partial charge in [-0.15, -0.1) is 0 Å². The van der Waals surface area contributed by atoms with Gasteiger partial charge in [0.25, 0.3) is 0 Å². The Morgan fingerprint density at radius 2 is 1.75 bits per heavy atom. The van der Waals surface area contributed by atoms with E-state index in [1.807, 2.05) is 12.1 Å². The maximum atomic E-state index is 10.8. The Hall–Kier alpha value is -1.84. The summed E-state index contributed by atoms with van der Waals surface area (Å²) in [6.45, 7) is 5.68. The van der Waals surface area contributed by atoms with E-state index in [9.17, 15) is 5.11 Å². The summed E-state index contributed by atoms with van der Waals surface area (Å²) in [6.07, 6.45) is 5.10. The zero-order valence-electron chi connectivity index (χ0n) is 17.2. The number of rotatable bonds is 4. The highest BCUT2D eigenvalue weighted by Crippen LogP contribution is 2.37. The normalized spacial score (nSPS) is 23.8. The molecule has 0 radical (unpaired) electrons. The maximum absolute atomic E-state index is 10.8. The Morgan fingerprint density at radius 3 is 2.50 bits per heavy atom. The van der Waals surface area contributed by atoms with E-state index in [1.165, 1.54) is 42.6 Å². The average molecular weight is 380 g/mol. The number of fused-ring (bicyclic) bond motifs is 1. The molecular weight excluding hydrogens is 346 g/mol. The van der Waals surface area contributed by atoms with Gasteiger partial charge >= 0.3 is 0 Å². The third-order valence-corrected chi connectivity index (χ3v) is 6.84. The van der Waals surface area contributed by atoms with E-state index in [2.05, 4.69) is 42.2 Å². The van der Waals surface area contributed by atoms with Crippen LogP contribution in [0.3, 0.4) is 0 Å². The molecule has 2 aliphatic rings. The number of piperidine rings is 1. The third kappa shape index (κ3) is 4.11. The van der Waals surface area contributed by atoms with E-state index in [1.54, 1.807) is 7.11 Å². The van der Waals surface area contributed by atoms with Crippen LogP contribution in [0.1, 0.15) is 60.0 Å². The lowest BCUT2D eigenvalue weighted by atomic mass is 9.86. The minimum Gasteiger partial charge on any atom is -0.496 e. The molecule has 1 heterocycles. The number of likely N-dealkylation sites (tertiary alicyclic amines) is 1. The lowest BCUT2D eigenvalue weighted by Crippen LogP contribution is -2.37. The van der Waals surface area contributed by atoms with Crippen molar-refractivity contribution in [1.29, 1.82) is 0 Å². The Labute approximate surface area is 169 Å². The first-order chi connectivity index (χ1) is 13.7. The van der Waals surface area contributed by atoms with Gasteiger partial charge in [0.2, 0.25) is 0 Å². The van der Waals surface area contributed by atoms with Crippen LogP contribution in [0, 0.1) is 12.8 Å². The second-order valence-electron chi connectivity index (χ2n) is 8.62. The van der Waals surface area contributed by atoms with E-state index < -0.39 is 0 Å². The zero-order valence-corrected chi connectivity index (χ0v) is 17.2. The first-order valence-corrected chi connectivity index (χ1v) is 10.8. The van der Waals surface area contributed by atoms with Gasteiger partial charge in [0.15, 0.2) is 0 Å². The molecule has 1 N–H and O–H groups in total. The van der Waals surface area contributed by atoms with Gasteiger partial charge in [-0.3, -0.25) is 0 Å². The molecule has 3 heteroatoms. The first-order valence-electron chi connectivity index (χ1n) is 10.8. The highest BCUT2D eigenvalue weighted by Gasteiger charge is 2.28. The van der Waals surface area contributed by atoms with Gasteiger partial charge in [-0.2, -0.15) is 0 Å². The molecule has 0 saturated carbocycles. The lowest BCUT2D eigenvalue weighted by Gasteiger charge is -2.35. The van der Waals surface area contributed by atoms with Crippen molar-refractivity contribution in [3.05, 3.63) is 64.7 Å². The minimum absolute atomic E-state index is 0.373. The number of ether oxygens (including phenoxy) is 1. The topological polar surface area (TPSA) is 32.7 Å². The number of aliphatic hydroxyl groups excluding tert-OH is 1. The quantitative estimate of drug-likeness (QED) is 0.770. The van der Waals surface area contributed by atoms with Gasteiger partial charge in [-0.25, -0.2) is 0 Å². The second kappa shape index (κ2) is 8.67. The van der Waals surface area contributed by atoms with E-state index in [4.69, 9.17) is 4.74 Å². The molecular formula is C25H33NO2. The van der Waals surface area contributed by atoms with E-state index in [0.717, 1.165) is 37.1 Å². The summed E-state index contributed by atoms with van der Waals surface area (Å²) >= 11 is 0.